The van der Waals surface area contributed by atoms with Crippen molar-refractivity contribution in [2.45, 2.75) is 13.3 Å². The maximum absolute atomic E-state index is 12.0. The second-order valence-electron chi connectivity index (χ2n) is 4.48. The molecule has 1 aliphatic rings. The zero-order chi connectivity index (χ0) is 11.5. The Balaban J connectivity index is 2.03. The van der Waals surface area contributed by atoms with Crippen LogP contribution in [0.2, 0.25) is 0 Å². The van der Waals surface area contributed by atoms with E-state index in [0.29, 0.717) is 24.1 Å². The minimum absolute atomic E-state index is 0.0304. The van der Waals surface area contributed by atoms with E-state index >= 15 is 0 Å². The predicted octanol–water partition coefficient (Wildman–Crippen LogP) is 0.467. The fourth-order valence-corrected chi connectivity index (χ4v) is 2.19. The summed E-state index contributed by atoms with van der Waals surface area (Å²) in [5.41, 5.74) is 6.28. The summed E-state index contributed by atoms with van der Waals surface area (Å²) in [4.78, 5) is 13.9. The minimum atomic E-state index is 0.0304. The fourth-order valence-electron chi connectivity index (χ4n) is 2.19. The standard InChI is InChI=1S/C11H18N4O/c1-8-3-5-15(7-9(8)6-12)11(16)10-2-4-13-14-10/h2,4,8-9H,3,5-7,12H2,1H3,(H,13,14). The summed E-state index contributed by atoms with van der Waals surface area (Å²) >= 11 is 0. The Kier molecular flexibility index (Phi) is 3.24. The predicted molar refractivity (Wildman–Crippen MR) is 60.8 cm³/mol. The third-order valence-electron chi connectivity index (χ3n) is 3.44. The molecule has 2 unspecified atom stereocenters. The molecule has 0 aromatic carbocycles. The van der Waals surface area contributed by atoms with Crippen molar-refractivity contribution in [3.8, 4) is 0 Å². The maximum atomic E-state index is 12.0. The molecular formula is C11H18N4O. The van der Waals surface area contributed by atoms with Crippen LogP contribution in [-0.2, 0) is 0 Å². The molecule has 0 radical (unpaired) electrons. The van der Waals surface area contributed by atoms with Crippen molar-refractivity contribution in [3.63, 3.8) is 0 Å². The van der Waals surface area contributed by atoms with Crippen LogP contribution in [0.15, 0.2) is 12.3 Å². The molecule has 0 spiro atoms. The summed E-state index contributed by atoms with van der Waals surface area (Å²) in [5.74, 6) is 1.05. The Bertz CT molecular complexity index is 349. The zero-order valence-electron chi connectivity index (χ0n) is 9.52. The number of nitrogens with zero attached hydrogens (tertiary/aromatic N) is 2. The molecule has 0 bridgehead atoms. The smallest absolute Gasteiger partial charge is 0.271 e. The van der Waals surface area contributed by atoms with Gasteiger partial charge in [-0.1, -0.05) is 6.92 Å². The average molecular weight is 222 g/mol. The molecular weight excluding hydrogens is 204 g/mol. The van der Waals surface area contributed by atoms with E-state index in [9.17, 15) is 4.79 Å². The number of amides is 1. The number of hydrogen-bond acceptors (Lipinski definition) is 3. The molecule has 1 aromatic rings. The molecule has 2 atom stereocenters. The molecule has 0 saturated carbocycles. The molecule has 1 fully saturated rings. The van der Waals surface area contributed by atoms with E-state index in [1.807, 2.05) is 4.90 Å². The van der Waals surface area contributed by atoms with Crippen molar-refractivity contribution < 1.29 is 4.79 Å². The van der Waals surface area contributed by atoms with Crippen LogP contribution >= 0.6 is 0 Å². The number of likely N-dealkylation sites (tertiary alicyclic amines) is 1. The van der Waals surface area contributed by atoms with E-state index in [1.54, 1.807) is 12.3 Å². The Labute approximate surface area is 95.0 Å². The van der Waals surface area contributed by atoms with Gasteiger partial charge in [-0.05, 0) is 30.9 Å². The van der Waals surface area contributed by atoms with Crippen LogP contribution in [0.5, 0.6) is 0 Å². The molecule has 16 heavy (non-hydrogen) atoms. The lowest BCUT2D eigenvalue weighted by Crippen LogP contribution is -2.45. The fraction of sp³-hybridized carbons (Fsp3) is 0.636. The molecule has 1 aromatic heterocycles. The Hall–Kier alpha value is -1.36. The largest absolute Gasteiger partial charge is 0.337 e. The highest BCUT2D eigenvalue weighted by molar-refractivity contribution is 5.92. The number of piperidine rings is 1. The molecule has 1 aliphatic heterocycles. The molecule has 1 amide bonds. The molecule has 5 nitrogen and oxygen atoms in total. The van der Waals surface area contributed by atoms with Crippen LogP contribution in [0.4, 0.5) is 0 Å². The van der Waals surface area contributed by atoms with Gasteiger partial charge in [0.1, 0.15) is 5.69 Å². The lowest BCUT2D eigenvalue weighted by Gasteiger charge is -2.36. The minimum Gasteiger partial charge on any atom is -0.337 e. The summed E-state index contributed by atoms with van der Waals surface area (Å²) in [6.45, 7) is 4.43. The number of nitrogens with one attached hydrogen (secondary N) is 1. The van der Waals surface area contributed by atoms with Crippen molar-refractivity contribution in [1.82, 2.24) is 15.1 Å². The van der Waals surface area contributed by atoms with Gasteiger partial charge in [-0.2, -0.15) is 5.10 Å². The van der Waals surface area contributed by atoms with Gasteiger partial charge in [0, 0.05) is 19.3 Å². The van der Waals surface area contributed by atoms with Gasteiger partial charge >= 0.3 is 0 Å². The Morgan fingerprint density at radius 1 is 1.75 bits per heavy atom. The van der Waals surface area contributed by atoms with E-state index in [1.165, 1.54) is 0 Å². The number of rotatable bonds is 2. The number of aromatic nitrogens is 2. The van der Waals surface area contributed by atoms with E-state index < -0.39 is 0 Å². The maximum Gasteiger partial charge on any atom is 0.271 e. The van der Waals surface area contributed by atoms with Crippen molar-refractivity contribution in [3.05, 3.63) is 18.0 Å². The van der Waals surface area contributed by atoms with E-state index in [-0.39, 0.29) is 5.91 Å². The highest BCUT2D eigenvalue weighted by Gasteiger charge is 2.28. The first-order chi connectivity index (χ1) is 7.72. The number of aromatic amines is 1. The van der Waals surface area contributed by atoms with Gasteiger partial charge in [-0.25, -0.2) is 0 Å². The second kappa shape index (κ2) is 4.65. The highest BCUT2D eigenvalue weighted by atomic mass is 16.2. The molecule has 88 valence electrons. The summed E-state index contributed by atoms with van der Waals surface area (Å²) in [6, 6.07) is 1.71. The number of H-pyrrole nitrogens is 1. The van der Waals surface area contributed by atoms with E-state index in [2.05, 4.69) is 17.1 Å². The third-order valence-corrected chi connectivity index (χ3v) is 3.44. The van der Waals surface area contributed by atoms with E-state index in [0.717, 1.165) is 19.5 Å². The van der Waals surface area contributed by atoms with Crippen LogP contribution in [0.25, 0.3) is 0 Å². The van der Waals surface area contributed by atoms with Gasteiger partial charge in [-0.3, -0.25) is 9.89 Å². The molecule has 2 heterocycles. The number of nitrogens with two attached hydrogens (primary N) is 1. The number of carbonyl (C=O) groups is 1. The normalized spacial score (nSPS) is 25.8. The summed E-state index contributed by atoms with van der Waals surface area (Å²) in [5, 5.41) is 6.50. The molecule has 1 saturated heterocycles. The first-order valence-corrected chi connectivity index (χ1v) is 5.71. The SMILES string of the molecule is CC1CCN(C(=O)c2ccn[nH]2)CC1CN. The number of carbonyl (C=O) groups excluding carboxylic acids is 1. The molecule has 3 N–H and O–H groups in total. The third kappa shape index (κ3) is 2.09. The average Bonchev–Trinajstić information content (AvgIpc) is 2.82. The van der Waals surface area contributed by atoms with Gasteiger partial charge in [0.25, 0.3) is 5.91 Å². The van der Waals surface area contributed by atoms with E-state index in [4.69, 9.17) is 5.73 Å². The lowest BCUT2D eigenvalue weighted by molar-refractivity contribution is 0.0612. The van der Waals surface area contributed by atoms with Gasteiger partial charge in [0.15, 0.2) is 0 Å². The Morgan fingerprint density at radius 3 is 3.19 bits per heavy atom. The van der Waals surface area contributed by atoms with Crippen LogP contribution in [0.1, 0.15) is 23.8 Å². The topological polar surface area (TPSA) is 75.0 Å². The summed E-state index contributed by atoms with van der Waals surface area (Å²) in [6.07, 6.45) is 2.63. The van der Waals surface area contributed by atoms with Crippen molar-refractivity contribution in [2.75, 3.05) is 19.6 Å². The van der Waals surface area contributed by atoms with Gasteiger partial charge in [-0.15, -0.1) is 0 Å². The second-order valence-corrected chi connectivity index (χ2v) is 4.48. The number of hydrogen-bond donors (Lipinski definition) is 2. The quantitative estimate of drug-likeness (QED) is 0.763. The lowest BCUT2D eigenvalue weighted by atomic mass is 9.87. The van der Waals surface area contributed by atoms with Gasteiger partial charge in [0.2, 0.25) is 0 Å². The van der Waals surface area contributed by atoms with Crippen molar-refractivity contribution in [1.29, 1.82) is 0 Å². The van der Waals surface area contributed by atoms with Crippen LogP contribution in [-0.4, -0.2) is 40.6 Å². The van der Waals surface area contributed by atoms with Crippen molar-refractivity contribution >= 4 is 5.91 Å². The van der Waals surface area contributed by atoms with Crippen LogP contribution < -0.4 is 5.73 Å². The highest BCUT2D eigenvalue weighted by Crippen LogP contribution is 2.23. The summed E-state index contributed by atoms with van der Waals surface area (Å²) < 4.78 is 0. The molecule has 5 heteroatoms. The first-order valence-electron chi connectivity index (χ1n) is 5.71. The first kappa shape index (κ1) is 11.1. The summed E-state index contributed by atoms with van der Waals surface area (Å²) in [7, 11) is 0. The van der Waals surface area contributed by atoms with Crippen LogP contribution in [0.3, 0.4) is 0 Å². The monoisotopic (exact) mass is 222 g/mol. The van der Waals surface area contributed by atoms with Gasteiger partial charge in [0.05, 0.1) is 0 Å². The zero-order valence-corrected chi connectivity index (χ0v) is 9.52. The molecule has 0 aliphatic carbocycles. The van der Waals surface area contributed by atoms with Gasteiger partial charge < -0.3 is 10.6 Å². The Morgan fingerprint density at radius 2 is 2.56 bits per heavy atom. The molecule has 2 rings (SSSR count). The van der Waals surface area contributed by atoms with Crippen molar-refractivity contribution in [2.24, 2.45) is 17.6 Å². The van der Waals surface area contributed by atoms with Crippen LogP contribution in [0, 0.1) is 11.8 Å².